The van der Waals surface area contributed by atoms with E-state index in [9.17, 15) is 39.0 Å². The van der Waals surface area contributed by atoms with Gasteiger partial charge in [0.25, 0.3) is 11.8 Å². The van der Waals surface area contributed by atoms with Gasteiger partial charge in [-0.3, -0.25) is 34.4 Å². The van der Waals surface area contributed by atoms with Gasteiger partial charge in [-0.15, -0.1) is 0 Å². The Morgan fingerprint density at radius 1 is 1.03 bits per heavy atom. The summed E-state index contributed by atoms with van der Waals surface area (Å²) in [5, 5.41) is 29.3. The zero-order chi connectivity index (χ0) is 27.3. The summed E-state index contributed by atoms with van der Waals surface area (Å²) in [7, 11) is 1.13. The topological polar surface area (TPSA) is 225 Å². The normalized spacial score (nSPS) is 25.3. The Balaban J connectivity index is 3.08. The van der Waals surface area contributed by atoms with Gasteiger partial charge in [-0.05, 0) is 13.8 Å². The zero-order valence-electron chi connectivity index (χ0n) is 20.4. The van der Waals surface area contributed by atoms with Gasteiger partial charge in [0.1, 0.15) is 30.5 Å². The highest BCUT2D eigenvalue weighted by molar-refractivity contribution is 5.95. The molecule has 1 fully saturated rings. The summed E-state index contributed by atoms with van der Waals surface area (Å²) in [6.07, 6.45) is -1.76. The number of hydrogen-bond donors (Lipinski definition) is 7. The van der Waals surface area contributed by atoms with E-state index in [-0.39, 0.29) is 26.4 Å². The molecule has 204 valence electrons. The lowest BCUT2D eigenvalue weighted by molar-refractivity contribution is -0.144. The predicted molar refractivity (Wildman–Crippen MR) is 121 cm³/mol. The Labute approximate surface area is 207 Å². The van der Waals surface area contributed by atoms with Crippen LogP contribution in [0.1, 0.15) is 20.3 Å². The Bertz CT molecular complexity index is 808. The molecule has 0 spiro atoms. The molecule has 1 saturated heterocycles. The first-order chi connectivity index (χ1) is 17.0. The minimum absolute atomic E-state index is 0.0180. The summed E-state index contributed by atoms with van der Waals surface area (Å²) in [6, 6.07) is -5.30. The molecule has 1 aliphatic rings. The quantitative estimate of drug-likeness (QED) is 0.189. The number of aliphatic hydroxyl groups excluding tert-OH is 2. The van der Waals surface area contributed by atoms with Crippen molar-refractivity contribution in [2.45, 2.75) is 44.5 Å². The third kappa shape index (κ3) is 10.9. The first kappa shape index (κ1) is 30.7. The molecule has 0 aromatic rings. The summed E-state index contributed by atoms with van der Waals surface area (Å²) < 4.78 is 10.4. The van der Waals surface area contributed by atoms with Gasteiger partial charge in [0.2, 0.25) is 11.8 Å². The van der Waals surface area contributed by atoms with Gasteiger partial charge in [0.15, 0.2) is 0 Å². The Morgan fingerprint density at radius 2 is 1.69 bits per heavy atom. The molecule has 0 aromatic carbocycles. The van der Waals surface area contributed by atoms with Gasteiger partial charge in [-0.25, -0.2) is 4.79 Å². The van der Waals surface area contributed by atoms with Crippen LogP contribution in [-0.2, 0) is 33.4 Å². The third-order valence-electron chi connectivity index (χ3n) is 4.74. The summed E-state index contributed by atoms with van der Waals surface area (Å²) in [4.78, 5) is 73.8. The average molecular weight is 519 g/mol. The van der Waals surface area contributed by atoms with Gasteiger partial charge >= 0.3 is 6.03 Å². The fourth-order valence-corrected chi connectivity index (χ4v) is 2.94. The van der Waals surface area contributed by atoms with Crippen molar-refractivity contribution in [3.05, 3.63) is 0 Å². The minimum atomic E-state index is -1.46. The van der Waals surface area contributed by atoms with Crippen LogP contribution in [0.5, 0.6) is 0 Å². The maximum Gasteiger partial charge on any atom is 0.316 e. The number of rotatable bonds is 4. The first-order valence-corrected chi connectivity index (χ1v) is 11.1. The predicted octanol–water partition coefficient (Wildman–Crippen LogP) is -4.49. The van der Waals surface area contributed by atoms with Crippen molar-refractivity contribution in [2.24, 2.45) is 0 Å². The van der Waals surface area contributed by atoms with Crippen LogP contribution in [0.25, 0.3) is 0 Å². The van der Waals surface area contributed by atoms with Crippen molar-refractivity contribution in [3.8, 4) is 0 Å². The monoisotopic (exact) mass is 518 g/mol. The molecule has 0 saturated carbocycles. The highest BCUT2D eigenvalue weighted by Crippen LogP contribution is 2.01. The summed E-state index contributed by atoms with van der Waals surface area (Å²) in [5.74, 6) is -3.78. The number of ether oxygens (including phenoxy) is 2. The Kier molecular flexibility index (Phi) is 13.3. The molecule has 1 heterocycles. The molecule has 16 heteroatoms. The van der Waals surface area contributed by atoms with Gasteiger partial charge in [-0.1, -0.05) is 0 Å². The lowest BCUT2D eigenvalue weighted by Gasteiger charge is -2.27. The molecular formula is C20H34N6O10. The summed E-state index contributed by atoms with van der Waals surface area (Å²) >= 11 is 0. The molecule has 0 radical (unpaired) electrons. The molecule has 1 aliphatic heterocycles. The zero-order valence-corrected chi connectivity index (χ0v) is 20.4. The van der Waals surface area contributed by atoms with Gasteiger partial charge in [0.05, 0.1) is 32.5 Å². The molecule has 36 heavy (non-hydrogen) atoms. The number of urea groups is 1. The third-order valence-corrected chi connectivity index (χ3v) is 4.74. The van der Waals surface area contributed by atoms with Crippen LogP contribution in [0.2, 0.25) is 0 Å². The molecule has 1 rings (SSSR count). The number of nitrogens with one attached hydrogen (secondary N) is 5. The lowest BCUT2D eigenvalue weighted by Crippen LogP contribution is -2.60. The van der Waals surface area contributed by atoms with Crippen LogP contribution in [0.15, 0.2) is 0 Å². The van der Waals surface area contributed by atoms with E-state index in [0.717, 1.165) is 7.05 Å². The number of Topliss-reactive ketones (excluding diaryl/α,β-unsaturated/α-hetero) is 1. The van der Waals surface area contributed by atoms with Crippen molar-refractivity contribution in [1.82, 2.24) is 31.7 Å². The van der Waals surface area contributed by atoms with Crippen LogP contribution >= 0.6 is 0 Å². The highest BCUT2D eigenvalue weighted by atomic mass is 16.5. The maximum absolute atomic E-state index is 12.8. The van der Waals surface area contributed by atoms with Gasteiger partial charge in [-0.2, -0.15) is 0 Å². The molecule has 7 N–H and O–H groups in total. The van der Waals surface area contributed by atoms with E-state index >= 15 is 0 Å². The second-order valence-electron chi connectivity index (χ2n) is 7.93. The number of carbonyl (C=O) groups excluding carboxylic acids is 6. The van der Waals surface area contributed by atoms with Crippen molar-refractivity contribution in [3.63, 3.8) is 0 Å². The first-order valence-electron chi connectivity index (χ1n) is 11.1. The van der Waals surface area contributed by atoms with E-state index in [1.54, 1.807) is 0 Å². The van der Waals surface area contributed by atoms with Crippen LogP contribution in [0.4, 0.5) is 4.79 Å². The Morgan fingerprint density at radius 3 is 2.31 bits per heavy atom. The van der Waals surface area contributed by atoms with Crippen molar-refractivity contribution in [2.75, 3.05) is 46.6 Å². The molecule has 1 unspecified atom stereocenters. The number of likely N-dealkylation sites (N-methyl/N-ethyl adjacent to an activating group) is 1. The molecule has 6 amide bonds. The molecular weight excluding hydrogens is 484 g/mol. The molecule has 0 aliphatic carbocycles. The van der Waals surface area contributed by atoms with E-state index in [4.69, 9.17) is 9.47 Å². The summed E-state index contributed by atoms with van der Waals surface area (Å²) in [5.41, 5.74) is 2.16. The molecule has 0 aromatic heterocycles. The molecule has 16 nitrogen and oxygen atoms in total. The van der Waals surface area contributed by atoms with Crippen molar-refractivity contribution in [1.29, 1.82) is 0 Å². The standard InChI is InChI=1S/C20H34N6O10/c1-11(28)8-13-19(33)26(3)25-17(31)14(9-27)22-15(30)10-36-7-6-35-5-4-21-18(32)16(12(2)29)24-20(34)23-13/h12-14,16,27,29H,4-10H2,1-3H3,(H,21,32)(H,22,30)(H,25,31)(H2,23,24,34)/t12?,13-,14-,16-/m0/s1. The number of hydrogen-bond acceptors (Lipinski definition) is 10. The Hall–Kier alpha value is -3.34. The molecule has 0 bridgehead atoms. The number of ketones is 1. The fraction of sp³-hybridized carbons (Fsp3) is 0.700. The van der Waals surface area contributed by atoms with Crippen LogP contribution in [0, 0.1) is 0 Å². The SMILES string of the molecule is CC(=O)C[C@@H]1NC(=O)N[C@@H](C(C)O)C(=O)NCCOCCOCC(=O)N[C@@H](CO)C(=O)NN(C)C1=O. The van der Waals surface area contributed by atoms with Crippen LogP contribution in [-0.4, -0.2) is 122 Å². The second-order valence-corrected chi connectivity index (χ2v) is 7.93. The van der Waals surface area contributed by atoms with E-state index < -0.39 is 79.3 Å². The largest absolute Gasteiger partial charge is 0.394 e. The van der Waals surface area contributed by atoms with Crippen molar-refractivity contribution < 1.29 is 48.5 Å². The lowest BCUT2D eigenvalue weighted by atomic mass is 10.1. The van der Waals surface area contributed by atoms with Gasteiger partial charge in [0, 0.05) is 20.0 Å². The van der Waals surface area contributed by atoms with Crippen LogP contribution in [0.3, 0.4) is 0 Å². The van der Waals surface area contributed by atoms with E-state index in [1.807, 2.05) is 0 Å². The minimum Gasteiger partial charge on any atom is -0.394 e. The van der Waals surface area contributed by atoms with E-state index in [2.05, 4.69) is 26.7 Å². The smallest absolute Gasteiger partial charge is 0.316 e. The highest BCUT2D eigenvalue weighted by Gasteiger charge is 2.31. The average Bonchev–Trinajstić information content (AvgIpc) is 2.80. The number of hydrazine groups is 1. The second kappa shape index (κ2) is 15.6. The van der Waals surface area contributed by atoms with E-state index in [0.29, 0.717) is 5.01 Å². The van der Waals surface area contributed by atoms with Gasteiger partial charge < -0.3 is 41.0 Å². The van der Waals surface area contributed by atoms with Crippen LogP contribution < -0.4 is 26.7 Å². The summed E-state index contributed by atoms with van der Waals surface area (Å²) in [6.45, 7) is 1.42. The van der Waals surface area contributed by atoms with Crippen molar-refractivity contribution >= 4 is 35.4 Å². The maximum atomic E-state index is 12.8. The number of nitrogens with zero attached hydrogens (tertiary/aromatic N) is 1. The number of carbonyl (C=O) groups is 6. The number of amides is 6. The molecule has 4 atom stereocenters. The van der Waals surface area contributed by atoms with E-state index in [1.165, 1.54) is 13.8 Å². The number of aliphatic hydroxyl groups is 2. The fourth-order valence-electron chi connectivity index (χ4n) is 2.94.